The highest BCUT2D eigenvalue weighted by atomic mass is 16.5. The number of piperazine rings is 1. The highest BCUT2D eigenvalue weighted by Gasteiger charge is 2.33. The van der Waals surface area contributed by atoms with E-state index in [-0.39, 0.29) is 11.9 Å². The van der Waals surface area contributed by atoms with Crippen molar-refractivity contribution in [3.63, 3.8) is 0 Å². The number of hydrogen-bond acceptors (Lipinski definition) is 4. The van der Waals surface area contributed by atoms with Crippen LogP contribution in [-0.2, 0) is 9.53 Å². The van der Waals surface area contributed by atoms with E-state index in [1.807, 2.05) is 18.2 Å². The topological polar surface area (TPSA) is 58.6 Å². The molecule has 1 aliphatic heterocycles. The van der Waals surface area contributed by atoms with Crippen LogP contribution in [0.2, 0.25) is 0 Å². The van der Waals surface area contributed by atoms with Crippen LogP contribution in [0.1, 0.15) is 10.4 Å². The van der Waals surface area contributed by atoms with Crippen molar-refractivity contribution in [3.05, 3.63) is 35.9 Å². The normalized spacial score (nSPS) is 19.4. The average molecular weight is 248 g/mol. The van der Waals surface area contributed by atoms with Crippen molar-refractivity contribution in [1.82, 2.24) is 10.2 Å². The molecule has 1 fully saturated rings. The highest BCUT2D eigenvalue weighted by Crippen LogP contribution is 2.11. The summed E-state index contributed by atoms with van der Waals surface area (Å²) in [7, 11) is 1.34. The van der Waals surface area contributed by atoms with E-state index < -0.39 is 6.04 Å². The van der Waals surface area contributed by atoms with Gasteiger partial charge in [0.05, 0.1) is 7.11 Å². The molecule has 5 heteroatoms. The Kier molecular flexibility index (Phi) is 3.94. The van der Waals surface area contributed by atoms with E-state index in [4.69, 9.17) is 4.74 Å². The number of amides is 1. The number of ether oxygens (including phenoxy) is 1. The second-order valence-corrected chi connectivity index (χ2v) is 4.11. The lowest BCUT2D eigenvalue weighted by molar-refractivity contribution is -0.146. The van der Waals surface area contributed by atoms with Gasteiger partial charge in [-0.2, -0.15) is 0 Å². The van der Waals surface area contributed by atoms with E-state index in [0.717, 1.165) is 0 Å². The van der Waals surface area contributed by atoms with Gasteiger partial charge in [-0.05, 0) is 12.1 Å². The largest absolute Gasteiger partial charge is 0.467 e. The van der Waals surface area contributed by atoms with E-state index in [0.29, 0.717) is 25.2 Å². The Morgan fingerprint density at radius 1 is 1.33 bits per heavy atom. The molecule has 1 heterocycles. The molecule has 5 nitrogen and oxygen atoms in total. The number of hydrogen-bond donors (Lipinski definition) is 1. The molecule has 18 heavy (non-hydrogen) atoms. The molecule has 0 radical (unpaired) electrons. The maximum Gasteiger partial charge on any atom is 0.329 e. The molecule has 1 aliphatic rings. The van der Waals surface area contributed by atoms with Crippen LogP contribution in [0, 0.1) is 0 Å². The number of benzene rings is 1. The molecule has 1 aromatic carbocycles. The smallest absolute Gasteiger partial charge is 0.329 e. The van der Waals surface area contributed by atoms with Gasteiger partial charge in [-0.3, -0.25) is 4.79 Å². The number of nitrogens with zero attached hydrogens (tertiary/aromatic N) is 1. The number of esters is 1. The lowest BCUT2D eigenvalue weighted by Gasteiger charge is -2.34. The van der Waals surface area contributed by atoms with Crippen molar-refractivity contribution in [2.24, 2.45) is 0 Å². The SMILES string of the molecule is COC(=O)C1CNCCN1C(=O)c1ccccc1. The van der Waals surface area contributed by atoms with Crippen molar-refractivity contribution in [3.8, 4) is 0 Å². The predicted octanol–water partition coefficient (Wildman–Crippen LogP) is 0.274. The van der Waals surface area contributed by atoms with Crippen LogP contribution in [0.5, 0.6) is 0 Å². The number of rotatable bonds is 2. The van der Waals surface area contributed by atoms with Crippen molar-refractivity contribution >= 4 is 11.9 Å². The molecule has 0 saturated carbocycles. The number of methoxy groups -OCH3 is 1. The first-order valence-corrected chi connectivity index (χ1v) is 5.88. The molecule has 1 saturated heterocycles. The second kappa shape index (κ2) is 5.64. The van der Waals surface area contributed by atoms with E-state index in [1.165, 1.54) is 7.11 Å². The number of carbonyl (C=O) groups is 2. The summed E-state index contributed by atoms with van der Waals surface area (Å²) in [4.78, 5) is 25.5. The second-order valence-electron chi connectivity index (χ2n) is 4.11. The fourth-order valence-electron chi connectivity index (χ4n) is 2.04. The molecule has 1 atom stereocenters. The highest BCUT2D eigenvalue weighted by molar-refractivity contribution is 5.97. The summed E-state index contributed by atoms with van der Waals surface area (Å²) >= 11 is 0. The summed E-state index contributed by atoms with van der Waals surface area (Å²) < 4.78 is 4.73. The lowest BCUT2D eigenvalue weighted by atomic mass is 10.1. The van der Waals surface area contributed by atoms with Crippen LogP contribution in [0.3, 0.4) is 0 Å². The van der Waals surface area contributed by atoms with E-state index in [1.54, 1.807) is 17.0 Å². The van der Waals surface area contributed by atoms with Gasteiger partial charge in [0, 0.05) is 25.2 Å². The van der Waals surface area contributed by atoms with Crippen molar-refractivity contribution in [2.45, 2.75) is 6.04 Å². The van der Waals surface area contributed by atoms with Crippen LogP contribution in [0.4, 0.5) is 0 Å². The van der Waals surface area contributed by atoms with Gasteiger partial charge in [-0.25, -0.2) is 4.79 Å². The van der Waals surface area contributed by atoms with Crippen molar-refractivity contribution in [2.75, 3.05) is 26.7 Å². The van der Waals surface area contributed by atoms with E-state index in [2.05, 4.69) is 5.32 Å². The van der Waals surface area contributed by atoms with Gasteiger partial charge in [0.1, 0.15) is 6.04 Å². The minimum absolute atomic E-state index is 0.132. The third kappa shape index (κ3) is 2.51. The molecule has 1 unspecified atom stereocenters. The van der Waals surface area contributed by atoms with Gasteiger partial charge in [0.2, 0.25) is 0 Å². The Labute approximate surface area is 106 Å². The summed E-state index contributed by atoms with van der Waals surface area (Å²) in [6.45, 7) is 1.63. The molecule has 0 bridgehead atoms. The van der Waals surface area contributed by atoms with Gasteiger partial charge in [0.15, 0.2) is 0 Å². The first-order chi connectivity index (χ1) is 8.74. The molecule has 1 amide bonds. The predicted molar refractivity (Wildman–Crippen MR) is 66.2 cm³/mol. The summed E-state index contributed by atoms with van der Waals surface area (Å²) in [5.74, 6) is -0.515. The fourth-order valence-corrected chi connectivity index (χ4v) is 2.04. The van der Waals surface area contributed by atoms with Crippen LogP contribution < -0.4 is 5.32 Å². The fraction of sp³-hybridized carbons (Fsp3) is 0.385. The minimum Gasteiger partial charge on any atom is -0.467 e. The molecule has 0 spiro atoms. The first kappa shape index (κ1) is 12.6. The van der Waals surface area contributed by atoms with Crippen LogP contribution in [0.25, 0.3) is 0 Å². The standard InChI is InChI=1S/C13H16N2O3/c1-18-13(17)11-9-14-7-8-15(11)12(16)10-5-3-2-4-6-10/h2-6,11,14H,7-9H2,1H3. The number of nitrogens with one attached hydrogen (secondary N) is 1. The molecule has 2 rings (SSSR count). The monoisotopic (exact) mass is 248 g/mol. The third-order valence-corrected chi connectivity index (χ3v) is 3.00. The molecule has 0 aliphatic carbocycles. The summed E-state index contributed by atoms with van der Waals surface area (Å²) in [5, 5.41) is 3.09. The Hall–Kier alpha value is -1.88. The third-order valence-electron chi connectivity index (χ3n) is 3.00. The molecule has 0 aromatic heterocycles. The zero-order valence-electron chi connectivity index (χ0n) is 10.3. The molecule has 96 valence electrons. The average Bonchev–Trinajstić information content (AvgIpc) is 2.46. The van der Waals surface area contributed by atoms with Crippen LogP contribution >= 0.6 is 0 Å². The van der Waals surface area contributed by atoms with Gasteiger partial charge >= 0.3 is 5.97 Å². The molecule has 1 aromatic rings. The van der Waals surface area contributed by atoms with E-state index in [9.17, 15) is 9.59 Å². The van der Waals surface area contributed by atoms with Crippen molar-refractivity contribution in [1.29, 1.82) is 0 Å². The zero-order valence-corrected chi connectivity index (χ0v) is 10.3. The van der Waals surface area contributed by atoms with Gasteiger partial charge in [-0.1, -0.05) is 18.2 Å². The van der Waals surface area contributed by atoms with Gasteiger partial charge < -0.3 is 15.0 Å². The lowest BCUT2D eigenvalue weighted by Crippen LogP contribution is -2.57. The Bertz CT molecular complexity index is 433. The molecule has 1 N–H and O–H groups in total. The van der Waals surface area contributed by atoms with Gasteiger partial charge in [-0.15, -0.1) is 0 Å². The van der Waals surface area contributed by atoms with Gasteiger partial charge in [0.25, 0.3) is 5.91 Å². The summed E-state index contributed by atoms with van der Waals surface area (Å²) in [6.07, 6.45) is 0. The Morgan fingerprint density at radius 2 is 2.06 bits per heavy atom. The van der Waals surface area contributed by atoms with Crippen LogP contribution in [-0.4, -0.2) is 49.6 Å². The quantitative estimate of drug-likeness (QED) is 0.763. The Morgan fingerprint density at radius 3 is 2.72 bits per heavy atom. The zero-order chi connectivity index (χ0) is 13.0. The van der Waals surface area contributed by atoms with E-state index >= 15 is 0 Å². The van der Waals surface area contributed by atoms with Crippen molar-refractivity contribution < 1.29 is 14.3 Å². The molecular formula is C13H16N2O3. The van der Waals surface area contributed by atoms with Crippen LogP contribution in [0.15, 0.2) is 30.3 Å². The molecular weight excluding hydrogens is 232 g/mol. The Balaban J connectivity index is 2.19. The first-order valence-electron chi connectivity index (χ1n) is 5.88. The number of carbonyl (C=O) groups excluding carboxylic acids is 2. The summed E-state index contributed by atoms with van der Waals surface area (Å²) in [6, 6.07) is 8.42. The summed E-state index contributed by atoms with van der Waals surface area (Å²) in [5.41, 5.74) is 0.591. The maximum absolute atomic E-state index is 12.3. The minimum atomic E-state index is -0.545. The maximum atomic E-state index is 12.3.